The monoisotopic (exact) mass is 343 g/mol. The number of rotatable bonds is 6. The largest absolute Gasteiger partial charge is 0.393 e. The van der Waals surface area contributed by atoms with E-state index in [1.165, 1.54) is 0 Å². The van der Waals surface area contributed by atoms with E-state index in [1.54, 1.807) is 23.2 Å². The third kappa shape index (κ3) is 5.65. The van der Waals surface area contributed by atoms with Crippen molar-refractivity contribution in [1.29, 1.82) is 0 Å². The van der Waals surface area contributed by atoms with E-state index < -0.39 is 0 Å². The highest BCUT2D eigenvalue weighted by Crippen LogP contribution is 2.11. The smallest absolute Gasteiger partial charge is 0.272 e. The van der Waals surface area contributed by atoms with Gasteiger partial charge in [-0.1, -0.05) is 26.1 Å². The van der Waals surface area contributed by atoms with Crippen molar-refractivity contribution in [1.82, 2.24) is 9.88 Å². The molecule has 0 aromatic carbocycles. The van der Waals surface area contributed by atoms with Crippen LogP contribution < -0.4 is 5.73 Å². The second kappa shape index (κ2) is 7.55. The number of halogens is 1. The molecule has 19 heavy (non-hydrogen) atoms. The number of carbonyl (C=O) groups excluding carboxylic acids is 1. The summed E-state index contributed by atoms with van der Waals surface area (Å²) in [6.07, 6.45) is 2.15. The van der Waals surface area contributed by atoms with E-state index in [4.69, 9.17) is 18.0 Å². The Morgan fingerprint density at radius 3 is 2.68 bits per heavy atom. The molecule has 0 aliphatic carbocycles. The van der Waals surface area contributed by atoms with Crippen molar-refractivity contribution in [2.24, 2.45) is 11.7 Å². The molecule has 0 radical (unpaired) electrons. The Hall–Kier alpha value is -1.01. The van der Waals surface area contributed by atoms with Crippen molar-refractivity contribution in [3.05, 3.63) is 28.5 Å². The number of nitrogens with zero attached hydrogens (tertiary/aromatic N) is 2. The lowest BCUT2D eigenvalue weighted by Crippen LogP contribution is -2.36. The van der Waals surface area contributed by atoms with Gasteiger partial charge >= 0.3 is 0 Å². The fourth-order valence-corrected chi connectivity index (χ4v) is 1.95. The van der Waals surface area contributed by atoms with E-state index in [9.17, 15) is 4.79 Å². The van der Waals surface area contributed by atoms with Crippen LogP contribution in [-0.4, -0.2) is 33.9 Å². The number of nitrogens with two attached hydrogens (primary N) is 1. The molecule has 4 nitrogen and oxygen atoms in total. The van der Waals surface area contributed by atoms with Gasteiger partial charge in [0.15, 0.2) is 0 Å². The molecule has 0 aliphatic rings. The molecule has 0 atom stereocenters. The van der Waals surface area contributed by atoms with Crippen LogP contribution in [0.4, 0.5) is 0 Å². The lowest BCUT2D eigenvalue weighted by Gasteiger charge is -2.24. The van der Waals surface area contributed by atoms with Gasteiger partial charge in [0.25, 0.3) is 5.91 Å². The highest BCUT2D eigenvalue weighted by molar-refractivity contribution is 9.10. The van der Waals surface area contributed by atoms with Gasteiger partial charge in [0.2, 0.25) is 0 Å². The maximum Gasteiger partial charge on any atom is 0.272 e. The Labute approximate surface area is 127 Å². The van der Waals surface area contributed by atoms with E-state index in [0.29, 0.717) is 36.1 Å². The van der Waals surface area contributed by atoms with Crippen LogP contribution in [0.5, 0.6) is 0 Å². The first kappa shape index (κ1) is 16.0. The number of hydrogen-bond donors (Lipinski definition) is 1. The molecule has 0 saturated heterocycles. The first-order valence-electron chi connectivity index (χ1n) is 6.09. The molecule has 0 unspecified atom stereocenters. The lowest BCUT2D eigenvalue weighted by atomic mass is 10.2. The van der Waals surface area contributed by atoms with E-state index in [-0.39, 0.29) is 5.91 Å². The van der Waals surface area contributed by atoms with E-state index in [2.05, 4.69) is 34.8 Å². The van der Waals surface area contributed by atoms with Gasteiger partial charge in [-0.25, -0.2) is 4.98 Å². The van der Waals surface area contributed by atoms with Gasteiger partial charge in [0.05, 0.1) is 4.99 Å². The molecular formula is C13H18BrN3OS. The highest BCUT2D eigenvalue weighted by atomic mass is 79.9. The van der Waals surface area contributed by atoms with Crippen LogP contribution in [-0.2, 0) is 0 Å². The van der Waals surface area contributed by atoms with Gasteiger partial charge in [0.1, 0.15) is 5.69 Å². The van der Waals surface area contributed by atoms with E-state index in [1.807, 2.05) is 0 Å². The minimum atomic E-state index is -0.0857. The predicted octanol–water partition coefficient (Wildman–Crippen LogP) is 2.62. The average Bonchev–Trinajstić information content (AvgIpc) is 2.34. The maximum absolute atomic E-state index is 12.4. The number of thiocarbonyl (C=S) groups is 1. The summed E-state index contributed by atoms with van der Waals surface area (Å²) in [5, 5.41) is 0. The summed E-state index contributed by atoms with van der Waals surface area (Å²) in [5.74, 6) is 0.295. The standard InChI is InChI=1S/C13H18BrN3OS/c1-9(2)8-17(6-5-12(15)19)13(18)11-4-3-10(14)7-16-11/h3-4,7,9H,5-6,8H2,1-2H3,(H2,15,19). The molecule has 2 N–H and O–H groups in total. The summed E-state index contributed by atoms with van der Waals surface area (Å²) < 4.78 is 0.850. The normalized spacial score (nSPS) is 10.5. The zero-order valence-corrected chi connectivity index (χ0v) is 13.5. The molecule has 6 heteroatoms. The molecule has 0 fully saturated rings. The SMILES string of the molecule is CC(C)CN(CCC(N)=S)C(=O)c1ccc(Br)cn1. The van der Waals surface area contributed by atoms with Crippen molar-refractivity contribution in [3.8, 4) is 0 Å². The second-order valence-electron chi connectivity index (χ2n) is 4.72. The second-order valence-corrected chi connectivity index (χ2v) is 6.16. The average molecular weight is 344 g/mol. The number of pyridine rings is 1. The van der Waals surface area contributed by atoms with E-state index >= 15 is 0 Å². The summed E-state index contributed by atoms with van der Waals surface area (Å²) in [6.45, 7) is 5.33. The molecule has 0 spiro atoms. The van der Waals surface area contributed by atoms with Crippen LogP contribution in [0.2, 0.25) is 0 Å². The zero-order chi connectivity index (χ0) is 14.4. The molecule has 1 rings (SSSR count). The van der Waals surface area contributed by atoms with Gasteiger partial charge in [-0.3, -0.25) is 4.79 Å². The molecule has 1 aromatic rings. The fraction of sp³-hybridized carbons (Fsp3) is 0.462. The quantitative estimate of drug-likeness (QED) is 0.806. The van der Waals surface area contributed by atoms with Crippen molar-refractivity contribution in [2.45, 2.75) is 20.3 Å². The minimum absolute atomic E-state index is 0.0857. The van der Waals surface area contributed by atoms with Crippen LogP contribution >= 0.6 is 28.1 Å². The first-order valence-corrected chi connectivity index (χ1v) is 7.29. The van der Waals surface area contributed by atoms with Crippen molar-refractivity contribution in [3.63, 3.8) is 0 Å². The molecule has 1 amide bonds. The summed E-state index contributed by atoms with van der Waals surface area (Å²) >= 11 is 8.17. The topological polar surface area (TPSA) is 59.2 Å². The molecule has 0 bridgehead atoms. The Balaban J connectivity index is 2.80. The van der Waals surface area contributed by atoms with Crippen LogP contribution in [0.25, 0.3) is 0 Å². The molecule has 104 valence electrons. The molecule has 1 heterocycles. The van der Waals surface area contributed by atoms with Crippen LogP contribution in [0.3, 0.4) is 0 Å². The van der Waals surface area contributed by atoms with Gasteiger partial charge in [-0.15, -0.1) is 0 Å². The summed E-state index contributed by atoms with van der Waals surface area (Å²) in [5.41, 5.74) is 5.94. The first-order chi connectivity index (χ1) is 8.90. The summed E-state index contributed by atoms with van der Waals surface area (Å²) in [6, 6.07) is 3.52. The van der Waals surface area contributed by atoms with Crippen LogP contribution in [0.15, 0.2) is 22.8 Å². The van der Waals surface area contributed by atoms with Gasteiger partial charge in [-0.2, -0.15) is 0 Å². The Kier molecular flexibility index (Phi) is 6.37. The summed E-state index contributed by atoms with van der Waals surface area (Å²) in [7, 11) is 0. The molecule has 1 aromatic heterocycles. The van der Waals surface area contributed by atoms with Crippen molar-refractivity contribution in [2.75, 3.05) is 13.1 Å². The maximum atomic E-state index is 12.4. The van der Waals surface area contributed by atoms with E-state index in [0.717, 1.165) is 4.47 Å². The summed E-state index contributed by atoms with van der Waals surface area (Å²) in [4.78, 5) is 18.7. The van der Waals surface area contributed by atoms with Gasteiger partial charge in [0, 0.05) is 30.2 Å². The lowest BCUT2D eigenvalue weighted by molar-refractivity contribution is 0.0735. The molecule has 0 saturated carbocycles. The van der Waals surface area contributed by atoms with Crippen molar-refractivity contribution >= 4 is 39.0 Å². The Bertz CT molecular complexity index is 448. The third-order valence-electron chi connectivity index (χ3n) is 2.45. The van der Waals surface area contributed by atoms with Gasteiger partial charge < -0.3 is 10.6 Å². The molecular weight excluding hydrogens is 326 g/mol. The number of amides is 1. The number of aromatic nitrogens is 1. The Morgan fingerprint density at radius 2 is 2.21 bits per heavy atom. The minimum Gasteiger partial charge on any atom is -0.393 e. The number of hydrogen-bond acceptors (Lipinski definition) is 3. The number of carbonyl (C=O) groups is 1. The van der Waals surface area contributed by atoms with Crippen LogP contribution in [0.1, 0.15) is 30.8 Å². The van der Waals surface area contributed by atoms with Gasteiger partial charge in [-0.05, 0) is 34.0 Å². The van der Waals surface area contributed by atoms with Crippen LogP contribution in [0, 0.1) is 5.92 Å². The molecule has 0 aliphatic heterocycles. The third-order valence-corrected chi connectivity index (χ3v) is 3.12. The highest BCUT2D eigenvalue weighted by Gasteiger charge is 2.18. The predicted molar refractivity (Wildman–Crippen MR) is 84.1 cm³/mol. The fourth-order valence-electron chi connectivity index (χ4n) is 1.63. The zero-order valence-electron chi connectivity index (χ0n) is 11.1. The van der Waals surface area contributed by atoms with Crippen molar-refractivity contribution < 1.29 is 4.79 Å². The Morgan fingerprint density at radius 1 is 1.53 bits per heavy atom.